The number of hydrogen-bond acceptors (Lipinski definition) is 4. The molecule has 0 radical (unpaired) electrons. The van der Waals surface area contributed by atoms with E-state index in [-0.39, 0.29) is 17.4 Å². The van der Waals surface area contributed by atoms with E-state index in [2.05, 4.69) is 4.74 Å². The van der Waals surface area contributed by atoms with Crippen LogP contribution in [0.25, 0.3) is 0 Å². The molecule has 0 aromatic heterocycles. The van der Waals surface area contributed by atoms with E-state index >= 15 is 0 Å². The van der Waals surface area contributed by atoms with Crippen LogP contribution in [0.1, 0.15) is 27.0 Å². The number of benzene rings is 1. The second kappa shape index (κ2) is 5.52. The number of rotatable bonds is 3. The number of hydrogen-bond donors (Lipinski definition) is 0. The van der Waals surface area contributed by atoms with Crippen LogP contribution >= 0.6 is 0 Å². The summed E-state index contributed by atoms with van der Waals surface area (Å²) >= 11 is 0. The van der Waals surface area contributed by atoms with Crippen molar-refractivity contribution in [1.82, 2.24) is 0 Å². The lowest BCUT2D eigenvalue weighted by molar-refractivity contribution is -0.141. The van der Waals surface area contributed by atoms with E-state index in [1.165, 1.54) is 0 Å². The Morgan fingerprint density at radius 1 is 1.47 bits per heavy atom. The zero-order valence-electron chi connectivity index (χ0n) is 9.75. The smallest absolute Gasteiger partial charge is 0.416 e. The maximum atomic E-state index is 12.8. The van der Waals surface area contributed by atoms with Crippen LogP contribution in [0.5, 0.6) is 0 Å². The lowest BCUT2D eigenvalue weighted by Crippen LogP contribution is -2.14. The molecule has 0 atom stereocenters. The van der Waals surface area contributed by atoms with E-state index < -0.39 is 29.7 Å². The molecule has 0 bridgehead atoms. The predicted molar refractivity (Wildman–Crippen MR) is 57.3 cm³/mol. The average molecular weight is 271 g/mol. The Bertz CT molecular complexity index is 559. The molecule has 0 aliphatic heterocycles. The quantitative estimate of drug-likeness (QED) is 0.623. The molecule has 0 unspecified atom stereocenters. The second-order valence-electron chi connectivity index (χ2n) is 3.58. The highest BCUT2D eigenvalue weighted by Crippen LogP contribution is 2.33. The fraction of sp³-hybridized carbons (Fsp3) is 0.250. The Morgan fingerprint density at radius 2 is 2.11 bits per heavy atom. The normalized spacial score (nSPS) is 10.7. The number of methoxy groups -OCH3 is 1. The summed E-state index contributed by atoms with van der Waals surface area (Å²) in [6, 6.07) is 3.04. The van der Waals surface area contributed by atoms with Crippen molar-refractivity contribution >= 4 is 12.3 Å². The van der Waals surface area contributed by atoms with Gasteiger partial charge >= 0.3 is 12.1 Å². The second-order valence-corrected chi connectivity index (χ2v) is 3.58. The van der Waals surface area contributed by atoms with Gasteiger partial charge in [-0.25, -0.2) is 0 Å². The Hall–Kier alpha value is -2.36. The van der Waals surface area contributed by atoms with E-state index in [9.17, 15) is 22.8 Å². The molecule has 0 N–H and O–H groups in total. The van der Waals surface area contributed by atoms with E-state index in [0.29, 0.717) is 6.07 Å². The minimum absolute atomic E-state index is 0.162. The van der Waals surface area contributed by atoms with Crippen molar-refractivity contribution in [2.75, 3.05) is 7.11 Å². The topological polar surface area (TPSA) is 67.2 Å². The summed E-state index contributed by atoms with van der Waals surface area (Å²) in [4.78, 5) is 21.7. The monoisotopic (exact) mass is 271 g/mol. The molecule has 19 heavy (non-hydrogen) atoms. The highest BCUT2D eigenvalue weighted by molar-refractivity contribution is 5.81. The molecule has 1 aromatic carbocycles. The van der Waals surface area contributed by atoms with Crippen LogP contribution < -0.4 is 0 Å². The number of alkyl halides is 3. The summed E-state index contributed by atoms with van der Waals surface area (Å²) in [5.41, 5.74) is -2.12. The summed E-state index contributed by atoms with van der Waals surface area (Å²) in [6.45, 7) is 0. The molecule has 0 aliphatic rings. The van der Waals surface area contributed by atoms with Crippen LogP contribution in [0.3, 0.4) is 0 Å². The molecular weight excluding hydrogens is 263 g/mol. The lowest BCUT2D eigenvalue weighted by Gasteiger charge is -2.13. The van der Waals surface area contributed by atoms with Crippen molar-refractivity contribution in [3.05, 3.63) is 34.4 Å². The van der Waals surface area contributed by atoms with Crippen LogP contribution in [0.4, 0.5) is 13.2 Å². The summed E-state index contributed by atoms with van der Waals surface area (Å²) in [5.74, 6) is -0.867. The summed E-state index contributed by atoms with van der Waals surface area (Å²) < 4.78 is 42.7. The fourth-order valence-electron chi connectivity index (χ4n) is 1.49. The van der Waals surface area contributed by atoms with Crippen LogP contribution in [0, 0.1) is 11.3 Å². The van der Waals surface area contributed by atoms with E-state index in [0.717, 1.165) is 13.2 Å². The van der Waals surface area contributed by atoms with Gasteiger partial charge in [-0.2, -0.15) is 18.4 Å². The molecule has 0 aliphatic carbocycles. The Balaban J connectivity index is 3.45. The van der Waals surface area contributed by atoms with Gasteiger partial charge in [0, 0.05) is 5.56 Å². The van der Waals surface area contributed by atoms with Gasteiger partial charge in [-0.15, -0.1) is 0 Å². The molecule has 0 saturated carbocycles. The van der Waals surface area contributed by atoms with Crippen molar-refractivity contribution in [1.29, 1.82) is 5.26 Å². The van der Waals surface area contributed by atoms with Crippen molar-refractivity contribution in [3.8, 4) is 6.07 Å². The molecular formula is C12H8F3NO3. The fourth-order valence-corrected chi connectivity index (χ4v) is 1.49. The van der Waals surface area contributed by atoms with Gasteiger partial charge in [0.25, 0.3) is 0 Å². The van der Waals surface area contributed by atoms with Crippen molar-refractivity contribution in [3.63, 3.8) is 0 Å². The first kappa shape index (κ1) is 14.7. The van der Waals surface area contributed by atoms with Crippen LogP contribution in [0.15, 0.2) is 12.1 Å². The molecule has 0 amide bonds. The maximum Gasteiger partial charge on any atom is 0.416 e. The van der Waals surface area contributed by atoms with E-state index in [1.807, 2.05) is 0 Å². The molecule has 1 rings (SSSR count). The van der Waals surface area contributed by atoms with Gasteiger partial charge in [-0.05, 0) is 17.7 Å². The van der Waals surface area contributed by atoms with Crippen molar-refractivity contribution in [2.24, 2.45) is 0 Å². The Morgan fingerprint density at radius 3 is 2.53 bits per heavy atom. The third kappa shape index (κ3) is 3.31. The minimum Gasteiger partial charge on any atom is -0.469 e. The standard InChI is InChI=1S/C12H8F3NO3/c1-19-11(18)4-7-2-8(5-16)9(6-17)3-10(7)12(13,14)15/h2-3,6H,4H2,1H3. The Kier molecular flexibility index (Phi) is 4.27. The molecule has 0 saturated heterocycles. The van der Waals surface area contributed by atoms with Gasteiger partial charge in [0.1, 0.15) is 0 Å². The largest absolute Gasteiger partial charge is 0.469 e. The van der Waals surface area contributed by atoms with Crippen molar-refractivity contribution in [2.45, 2.75) is 12.6 Å². The summed E-state index contributed by atoms with van der Waals surface area (Å²) in [5, 5.41) is 8.75. The zero-order valence-corrected chi connectivity index (χ0v) is 9.75. The van der Waals surface area contributed by atoms with Crippen LogP contribution in [0.2, 0.25) is 0 Å². The van der Waals surface area contributed by atoms with E-state index in [1.54, 1.807) is 6.07 Å². The first-order valence-corrected chi connectivity index (χ1v) is 4.99. The van der Waals surface area contributed by atoms with Crippen LogP contribution in [-0.4, -0.2) is 19.4 Å². The SMILES string of the molecule is COC(=O)Cc1cc(C#N)c(C=O)cc1C(F)(F)F. The molecule has 1 aromatic rings. The third-order valence-corrected chi connectivity index (χ3v) is 2.39. The van der Waals surface area contributed by atoms with E-state index in [4.69, 9.17) is 5.26 Å². The summed E-state index contributed by atoms with van der Waals surface area (Å²) in [7, 11) is 1.04. The maximum absolute atomic E-state index is 12.8. The first-order chi connectivity index (χ1) is 8.83. The number of nitrogens with zero attached hydrogens (tertiary/aromatic N) is 1. The number of carbonyl (C=O) groups is 2. The van der Waals surface area contributed by atoms with Gasteiger partial charge in [0.15, 0.2) is 6.29 Å². The molecule has 4 nitrogen and oxygen atoms in total. The highest BCUT2D eigenvalue weighted by atomic mass is 19.4. The van der Waals surface area contributed by atoms with Crippen LogP contribution in [-0.2, 0) is 22.1 Å². The van der Waals surface area contributed by atoms with Crippen molar-refractivity contribution < 1.29 is 27.5 Å². The number of esters is 1. The third-order valence-electron chi connectivity index (χ3n) is 2.39. The van der Waals surface area contributed by atoms with Gasteiger partial charge < -0.3 is 4.74 Å². The molecule has 0 heterocycles. The predicted octanol–water partition coefficient (Wildman–Crippen LogP) is 2.11. The van der Waals surface area contributed by atoms with Gasteiger partial charge in [0.05, 0.1) is 30.7 Å². The number of halogens is 3. The average Bonchev–Trinajstić information content (AvgIpc) is 2.36. The number of nitriles is 1. The first-order valence-electron chi connectivity index (χ1n) is 4.99. The van der Waals surface area contributed by atoms with Gasteiger partial charge in [-0.3, -0.25) is 9.59 Å². The Labute approximate surface area is 106 Å². The molecule has 0 fully saturated rings. The molecule has 0 spiro atoms. The lowest BCUT2D eigenvalue weighted by atomic mass is 9.97. The number of aldehydes is 1. The minimum atomic E-state index is -4.73. The molecule has 100 valence electrons. The number of ether oxygens (including phenoxy) is 1. The van der Waals surface area contributed by atoms with Gasteiger partial charge in [0.2, 0.25) is 0 Å². The molecule has 7 heteroatoms. The van der Waals surface area contributed by atoms with Gasteiger partial charge in [-0.1, -0.05) is 0 Å². The highest BCUT2D eigenvalue weighted by Gasteiger charge is 2.34. The number of carbonyl (C=O) groups excluding carboxylic acids is 2. The zero-order chi connectivity index (χ0) is 14.6. The summed E-state index contributed by atoms with van der Waals surface area (Å²) in [6.07, 6.45) is -5.19.